The van der Waals surface area contributed by atoms with Gasteiger partial charge >= 0.3 is 0 Å². The van der Waals surface area contributed by atoms with Crippen LogP contribution in [-0.4, -0.2) is 70.4 Å². The molecule has 0 radical (unpaired) electrons. The molecule has 0 bridgehead atoms. The topological polar surface area (TPSA) is 81.5 Å². The molecule has 1 aliphatic carbocycles. The van der Waals surface area contributed by atoms with Gasteiger partial charge in [-0.15, -0.1) is 0 Å². The van der Waals surface area contributed by atoms with Crippen LogP contribution in [0.25, 0.3) is 11.0 Å². The Hall–Kier alpha value is -2.03. The van der Waals surface area contributed by atoms with Crippen LogP contribution in [0.2, 0.25) is 0 Å². The smallest absolute Gasteiger partial charge is 0.253 e. The van der Waals surface area contributed by atoms with Gasteiger partial charge in [-0.05, 0) is 45.6 Å². The fourth-order valence-electron chi connectivity index (χ4n) is 4.45. The number of carbonyl (C=O) groups excluding carboxylic acids is 1. The zero-order valence-corrected chi connectivity index (χ0v) is 19.1. The molecular formula is C23H35N5O3. The average Bonchev–Trinajstić information content (AvgIpc) is 3.52. The summed E-state index contributed by atoms with van der Waals surface area (Å²) in [6.45, 7) is 9.11. The molecule has 2 fully saturated rings. The quantitative estimate of drug-likeness (QED) is 0.617. The Morgan fingerprint density at radius 2 is 2.23 bits per heavy atom. The number of nitrogens with one attached hydrogen (secondary N) is 1. The number of hydrogen-bond donors (Lipinski definition) is 1. The van der Waals surface area contributed by atoms with Crippen LogP contribution >= 0.6 is 0 Å². The number of pyridine rings is 1. The zero-order chi connectivity index (χ0) is 22.0. The summed E-state index contributed by atoms with van der Waals surface area (Å²) < 4.78 is 13.3. The maximum atomic E-state index is 13.5. The lowest BCUT2D eigenvalue weighted by atomic mass is 10.1. The molecule has 1 saturated heterocycles. The van der Waals surface area contributed by atoms with Gasteiger partial charge in [-0.3, -0.25) is 9.78 Å². The first-order valence-corrected chi connectivity index (χ1v) is 11.5. The number of methoxy groups -OCH3 is 1. The largest absolute Gasteiger partial charge is 0.385 e. The van der Waals surface area contributed by atoms with Gasteiger partial charge in [0.25, 0.3) is 5.91 Å². The van der Waals surface area contributed by atoms with Crippen molar-refractivity contribution in [3.63, 3.8) is 0 Å². The van der Waals surface area contributed by atoms with Crippen LogP contribution in [0, 0.1) is 0 Å². The normalized spacial score (nSPS) is 22.6. The second-order valence-corrected chi connectivity index (χ2v) is 8.75. The van der Waals surface area contributed by atoms with Gasteiger partial charge < -0.3 is 24.3 Å². The summed E-state index contributed by atoms with van der Waals surface area (Å²) in [7, 11) is 1.72. The molecule has 3 atom stereocenters. The highest BCUT2D eigenvalue weighted by atomic mass is 16.5. The summed E-state index contributed by atoms with van der Waals surface area (Å²) in [5.74, 6) is 0.0718. The van der Waals surface area contributed by atoms with E-state index in [9.17, 15) is 4.79 Å². The van der Waals surface area contributed by atoms with Crippen LogP contribution < -0.4 is 5.32 Å². The van der Waals surface area contributed by atoms with Gasteiger partial charge in [0.05, 0.1) is 35.4 Å². The lowest BCUT2D eigenvalue weighted by molar-refractivity contribution is -0.152. The number of nitrogens with zero attached hydrogens (tertiary/aromatic N) is 4. The van der Waals surface area contributed by atoms with Gasteiger partial charge in [-0.2, -0.15) is 0 Å². The third kappa shape index (κ3) is 4.76. The minimum absolute atomic E-state index is 0.0432. The number of fused-ring (bicyclic) bond motifs is 1. The summed E-state index contributed by atoms with van der Waals surface area (Å²) in [5, 5.41) is 3.32. The van der Waals surface area contributed by atoms with Crippen molar-refractivity contribution < 1.29 is 14.3 Å². The molecule has 2 aromatic rings. The molecule has 1 N–H and O–H groups in total. The van der Waals surface area contributed by atoms with E-state index in [1.807, 2.05) is 18.2 Å². The lowest BCUT2D eigenvalue weighted by Crippen LogP contribution is -2.53. The highest BCUT2D eigenvalue weighted by Gasteiger charge is 2.41. The third-order valence-corrected chi connectivity index (χ3v) is 6.26. The van der Waals surface area contributed by atoms with Crippen molar-refractivity contribution in [2.24, 2.45) is 0 Å². The predicted molar refractivity (Wildman–Crippen MR) is 119 cm³/mol. The highest BCUT2D eigenvalue weighted by molar-refractivity contribution is 5.83. The number of morpholine rings is 1. The molecule has 4 rings (SSSR count). The summed E-state index contributed by atoms with van der Waals surface area (Å²) in [6, 6.07) is 2.28. The first kappa shape index (κ1) is 22.2. The van der Waals surface area contributed by atoms with E-state index in [4.69, 9.17) is 14.5 Å². The Morgan fingerprint density at radius 1 is 1.42 bits per heavy atom. The number of hydrogen-bond acceptors (Lipinski definition) is 6. The first-order chi connectivity index (χ1) is 15.0. The summed E-state index contributed by atoms with van der Waals surface area (Å²) in [5.41, 5.74) is 3.94. The molecule has 8 nitrogen and oxygen atoms in total. The van der Waals surface area contributed by atoms with Gasteiger partial charge in [-0.25, -0.2) is 4.98 Å². The van der Waals surface area contributed by atoms with Crippen molar-refractivity contribution in [3.8, 4) is 0 Å². The van der Waals surface area contributed by atoms with Crippen LogP contribution in [0.15, 0.2) is 12.4 Å². The monoisotopic (exact) mass is 429 g/mol. The first-order valence-electron chi connectivity index (χ1n) is 11.5. The molecule has 1 amide bonds. The summed E-state index contributed by atoms with van der Waals surface area (Å²) in [4.78, 5) is 25.0. The minimum Gasteiger partial charge on any atom is -0.385 e. The Bertz CT molecular complexity index is 910. The molecule has 0 aromatic carbocycles. The Balaban J connectivity index is 1.63. The fraction of sp³-hybridized carbons (Fsp3) is 0.696. The Kier molecular flexibility index (Phi) is 6.89. The molecule has 31 heavy (non-hydrogen) atoms. The van der Waals surface area contributed by atoms with Crippen LogP contribution in [-0.2, 0) is 27.2 Å². The number of amides is 1. The molecule has 1 saturated carbocycles. The van der Waals surface area contributed by atoms with Crippen molar-refractivity contribution in [1.29, 1.82) is 0 Å². The maximum absolute atomic E-state index is 13.5. The van der Waals surface area contributed by atoms with Crippen LogP contribution in [0.5, 0.6) is 0 Å². The predicted octanol–water partition coefficient (Wildman–Crippen LogP) is 2.46. The van der Waals surface area contributed by atoms with E-state index in [0.717, 1.165) is 61.2 Å². The highest BCUT2D eigenvalue weighted by Crippen LogP contribution is 2.36. The molecule has 0 unspecified atom stereocenters. The molecule has 0 spiro atoms. The van der Waals surface area contributed by atoms with Gasteiger partial charge in [0.1, 0.15) is 11.6 Å². The molecule has 170 valence electrons. The van der Waals surface area contributed by atoms with Crippen molar-refractivity contribution in [3.05, 3.63) is 23.8 Å². The molecular weight excluding hydrogens is 394 g/mol. The molecule has 1 aliphatic heterocycles. The number of ether oxygens (including phenoxy) is 2. The molecule has 2 aliphatic rings. The fourth-order valence-corrected chi connectivity index (χ4v) is 4.45. The molecule has 3 heterocycles. The van der Waals surface area contributed by atoms with E-state index in [0.29, 0.717) is 13.2 Å². The molecule has 2 aromatic heterocycles. The van der Waals surface area contributed by atoms with E-state index in [2.05, 4.69) is 34.8 Å². The van der Waals surface area contributed by atoms with E-state index in [1.165, 1.54) is 0 Å². The zero-order valence-electron chi connectivity index (χ0n) is 19.1. The van der Waals surface area contributed by atoms with E-state index < -0.39 is 6.10 Å². The minimum atomic E-state index is -0.430. The summed E-state index contributed by atoms with van der Waals surface area (Å²) >= 11 is 0. The van der Waals surface area contributed by atoms with Crippen molar-refractivity contribution in [2.75, 3.05) is 26.8 Å². The van der Waals surface area contributed by atoms with Gasteiger partial charge in [0.15, 0.2) is 0 Å². The van der Waals surface area contributed by atoms with Crippen molar-refractivity contribution in [2.45, 2.75) is 77.3 Å². The van der Waals surface area contributed by atoms with E-state index >= 15 is 0 Å². The van der Waals surface area contributed by atoms with Crippen LogP contribution in [0.1, 0.15) is 57.5 Å². The van der Waals surface area contributed by atoms with Crippen molar-refractivity contribution in [1.82, 2.24) is 24.8 Å². The number of rotatable bonds is 9. The number of aromatic nitrogens is 3. The number of carbonyl (C=O) groups is 1. The van der Waals surface area contributed by atoms with E-state index in [1.54, 1.807) is 7.11 Å². The van der Waals surface area contributed by atoms with Crippen molar-refractivity contribution >= 4 is 16.9 Å². The Morgan fingerprint density at radius 3 is 2.90 bits per heavy atom. The second-order valence-electron chi connectivity index (χ2n) is 8.75. The van der Waals surface area contributed by atoms with Gasteiger partial charge in [0.2, 0.25) is 0 Å². The Labute approximate surface area is 184 Å². The number of imidazole rings is 1. The summed E-state index contributed by atoms with van der Waals surface area (Å²) in [6.07, 6.45) is 5.32. The second kappa shape index (κ2) is 9.63. The third-order valence-electron chi connectivity index (χ3n) is 6.26. The van der Waals surface area contributed by atoms with Crippen LogP contribution in [0.4, 0.5) is 0 Å². The maximum Gasteiger partial charge on any atom is 0.253 e. The van der Waals surface area contributed by atoms with E-state index in [-0.39, 0.29) is 24.1 Å². The standard InChI is InChI=1S/C23H35N5O3/c1-5-18-22-20(27(14-25-22)9-6-10-30-4)11-19(26-18)16(3)28(17-7-8-17)23(29)21-13-24-12-15(2)31-21/h11,14-17,21,24H,5-10,12-13H2,1-4H3/t15-,16-,21-/m1/s1. The van der Waals surface area contributed by atoms with Gasteiger partial charge in [-0.1, -0.05) is 6.92 Å². The average molecular weight is 430 g/mol. The lowest BCUT2D eigenvalue weighted by Gasteiger charge is -2.35. The molecule has 8 heteroatoms. The SMILES string of the molecule is CCc1nc([C@@H](C)N(C(=O)[C@H]2CNC[C@@H](C)O2)C2CC2)cc2c1ncn2CCCOC. The number of aryl methyl sites for hydroxylation is 2. The van der Waals surface area contributed by atoms with Gasteiger partial charge in [0, 0.05) is 39.4 Å². The van der Waals surface area contributed by atoms with Crippen LogP contribution in [0.3, 0.4) is 0 Å².